The molecule has 0 spiro atoms. The second kappa shape index (κ2) is 11.0. The Morgan fingerprint density at radius 1 is 1.16 bits per heavy atom. The standard InChI is InChI=1S/C29H26BrFN4O2S/c1-17-6-7-18(2)23(15-17)33-26(36)12-14-35-28(27(34-29(35)38)22-5-3-4-13-32-22)25-11-10-24(37-25)20-9-8-19(30)16-21(20)31/h3-11,13,15-16,27-28H,12,14H2,1-2H3,(H,33,36)(H,34,38). The molecular formula is C29H26BrFN4O2S. The van der Waals surface area contributed by atoms with Crippen LogP contribution in [0.15, 0.2) is 81.8 Å². The van der Waals surface area contributed by atoms with Crippen LogP contribution in [0.2, 0.25) is 0 Å². The molecule has 0 aliphatic carbocycles. The third kappa shape index (κ3) is 5.49. The maximum atomic E-state index is 14.7. The Kier molecular flexibility index (Phi) is 7.58. The number of hydrogen-bond acceptors (Lipinski definition) is 4. The number of anilines is 1. The minimum absolute atomic E-state index is 0.112. The summed E-state index contributed by atoms with van der Waals surface area (Å²) in [6, 6.07) is 19.4. The van der Waals surface area contributed by atoms with E-state index >= 15 is 0 Å². The number of halogens is 2. The number of nitrogens with one attached hydrogen (secondary N) is 2. The van der Waals surface area contributed by atoms with Crippen LogP contribution in [0.3, 0.4) is 0 Å². The Morgan fingerprint density at radius 2 is 2.00 bits per heavy atom. The molecule has 5 rings (SSSR count). The van der Waals surface area contributed by atoms with Crippen LogP contribution in [0.5, 0.6) is 0 Å². The third-order valence-corrected chi connectivity index (χ3v) is 7.41. The van der Waals surface area contributed by atoms with Crippen molar-refractivity contribution in [2.75, 3.05) is 11.9 Å². The van der Waals surface area contributed by atoms with Crippen LogP contribution in [0.25, 0.3) is 11.3 Å². The summed E-state index contributed by atoms with van der Waals surface area (Å²) in [6.07, 6.45) is 1.94. The van der Waals surface area contributed by atoms with Gasteiger partial charge in [0.1, 0.15) is 23.4 Å². The number of furan rings is 1. The zero-order chi connectivity index (χ0) is 26.8. The van der Waals surface area contributed by atoms with Crippen LogP contribution < -0.4 is 10.6 Å². The first-order chi connectivity index (χ1) is 18.3. The van der Waals surface area contributed by atoms with Gasteiger partial charge in [-0.1, -0.05) is 34.1 Å². The maximum Gasteiger partial charge on any atom is 0.226 e. The summed E-state index contributed by atoms with van der Waals surface area (Å²) in [4.78, 5) is 19.4. The second-order valence-electron chi connectivity index (χ2n) is 9.26. The molecule has 4 aromatic rings. The van der Waals surface area contributed by atoms with Gasteiger partial charge in [0.2, 0.25) is 5.91 Å². The number of nitrogens with zero attached hydrogens (tertiary/aromatic N) is 2. The fourth-order valence-electron chi connectivity index (χ4n) is 4.61. The van der Waals surface area contributed by atoms with E-state index in [-0.39, 0.29) is 30.2 Å². The fourth-order valence-corrected chi connectivity index (χ4v) is 5.27. The molecule has 6 nitrogen and oxygen atoms in total. The largest absolute Gasteiger partial charge is 0.459 e. The van der Waals surface area contributed by atoms with E-state index in [2.05, 4.69) is 31.5 Å². The lowest BCUT2D eigenvalue weighted by molar-refractivity contribution is -0.116. The lowest BCUT2D eigenvalue weighted by Gasteiger charge is -2.26. The Hall–Kier alpha value is -3.56. The summed E-state index contributed by atoms with van der Waals surface area (Å²) in [5.41, 5.74) is 4.02. The smallest absolute Gasteiger partial charge is 0.226 e. The SMILES string of the molecule is Cc1ccc(C)c(NC(=O)CCN2C(=S)NC(c3ccccn3)C2c2ccc(-c3ccc(Br)cc3F)o2)c1. The van der Waals surface area contributed by atoms with Crippen molar-refractivity contribution in [2.24, 2.45) is 0 Å². The molecule has 38 heavy (non-hydrogen) atoms. The van der Waals surface area contributed by atoms with Crippen molar-refractivity contribution in [1.82, 2.24) is 15.2 Å². The number of thiocarbonyl (C=S) groups is 1. The molecule has 1 saturated heterocycles. The summed E-state index contributed by atoms with van der Waals surface area (Å²) in [5.74, 6) is 0.510. The van der Waals surface area contributed by atoms with Crippen molar-refractivity contribution in [1.29, 1.82) is 0 Å². The average Bonchev–Trinajstić information content (AvgIpc) is 3.50. The van der Waals surface area contributed by atoms with E-state index in [0.717, 1.165) is 22.5 Å². The predicted octanol–water partition coefficient (Wildman–Crippen LogP) is 6.86. The first kappa shape index (κ1) is 26.1. The van der Waals surface area contributed by atoms with Gasteiger partial charge < -0.3 is 20.0 Å². The lowest BCUT2D eigenvalue weighted by atomic mass is 10.0. The molecule has 2 aromatic heterocycles. The average molecular weight is 594 g/mol. The number of rotatable bonds is 7. The molecule has 0 radical (unpaired) electrons. The number of carbonyl (C=O) groups excluding carboxylic acids is 1. The minimum atomic E-state index is -0.387. The van der Waals surface area contributed by atoms with E-state index in [1.165, 1.54) is 6.07 Å². The summed E-state index contributed by atoms with van der Waals surface area (Å²) >= 11 is 8.99. The highest BCUT2D eigenvalue weighted by molar-refractivity contribution is 9.10. The van der Waals surface area contributed by atoms with E-state index < -0.39 is 0 Å². The van der Waals surface area contributed by atoms with Gasteiger partial charge in [0.05, 0.1) is 17.3 Å². The van der Waals surface area contributed by atoms with Crippen LogP contribution in [0.1, 0.15) is 41.1 Å². The molecule has 1 amide bonds. The Balaban J connectivity index is 1.41. The molecule has 1 fully saturated rings. The zero-order valence-electron chi connectivity index (χ0n) is 20.9. The molecular weight excluding hydrogens is 567 g/mol. The van der Waals surface area contributed by atoms with Gasteiger partial charge in [-0.05, 0) is 85.7 Å². The molecule has 0 saturated carbocycles. The number of pyridine rings is 1. The van der Waals surface area contributed by atoms with E-state index in [4.69, 9.17) is 16.6 Å². The number of aromatic nitrogens is 1. The van der Waals surface area contributed by atoms with Gasteiger partial charge in [-0.15, -0.1) is 0 Å². The van der Waals surface area contributed by atoms with E-state index in [1.54, 1.807) is 24.4 Å². The Morgan fingerprint density at radius 3 is 2.76 bits per heavy atom. The highest BCUT2D eigenvalue weighted by Gasteiger charge is 2.41. The summed E-state index contributed by atoms with van der Waals surface area (Å²) in [5, 5.41) is 6.86. The zero-order valence-corrected chi connectivity index (χ0v) is 23.3. The molecule has 1 aliphatic rings. The van der Waals surface area contributed by atoms with Gasteiger partial charge in [-0.2, -0.15) is 0 Å². The summed E-state index contributed by atoms with van der Waals surface area (Å²) in [6.45, 7) is 4.31. The van der Waals surface area contributed by atoms with Crippen LogP contribution in [0.4, 0.5) is 10.1 Å². The van der Waals surface area contributed by atoms with Gasteiger partial charge in [-0.25, -0.2) is 4.39 Å². The number of aryl methyl sites for hydroxylation is 2. The second-order valence-corrected chi connectivity index (χ2v) is 10.6. The number of hydrogen-bond donors (Lipinski definition) is 2. The Bertz CT molecular complexity index is 1490. The molecule has 2 atom stereocenters. The molecule has 2 aromatic carbocycles. The Labute approximate surface area is 234 Å². The first-order valence-electron chi connectivity index (χ1n) is 12.2. The quantitative estimate of drug-likeness (QED) is 0.228. The van der Waals surface area contributed by atoms with Gasteiger partial charge in [0.25, 0.3) is 0 Å². The third-order valence-electron chi connectivity index (χ3n) is 6.56. The van der Waals surface area contributed by atoms with Crippen LogP contribution in [-0.2, 0) is 4.79 Å². The minimum Gasteiger partial charge on any atom is -0.459 e. The maximum absolute atomic E-state index is 14.7. The van der Waals surface area contributed by atoms with Gasteiger partial charge in [0.15, 0.2) is 5.11 Å². The van der Waals surface area contributed by atoms with Crippen molar-refractivity contribution >= 4 is 44.9 Å². The molecule has 2 N–H and O–H groups in total. The molecule has 0 bridgehead atoms. The molecule has 3 heterocycles. The van der Waals surface area contributed by atoms with Gasteiger partial charge in [-0.3, -0.25) is 9.78 Å². The molecule has 9 heteroatoms. The summed E-state index contributed by atoms with van der Waals surface area (Å²) in [7, 11) is 0. The first-order valence-corrected chi connectivity index (χ1v) is 13.4. The normalized spacial score (nSPS) is 16.9. The number of benzene rings is 2. The van der Waals surface area contributed by atoms with Crippen molar-refractivity contribution < 1.29 is 13.6 Å². The van der Waals surface area contributed by atoms with Crippen LogP contribution in [0, 0.1) is 19.7 Å². The lowest BCUT2D eigenvalue weighted by Crippen LogP contribution is -2.32. The van der Waals surface area contributed by atoms with Crippen LogP contribution in [-0.4, -0.2) is 27.4 Å². The number of carbonyl (C=O) groups is 1. The summed E-state index contributed by atoms with van der Waals surface area (Å²) < 4.78 is 21.5. The monoisotopic (exact) mass is 592 g/mol. The number of amides is 1. The van der Waals surface area contributed by atoms with Crippen molar-refractivity contribution in [3.63, 3.8) is 0 Å². The van der Waals surface area contributed by atoms with E-state index in [1.807, 2.05) is 61.2 Å². The van der Waals surface area contributed by atoms with Crippen molar-refractivity contribution in [2.45, 2.75) is 32.4 Å². The van der Waals surface area contributed by atoms with Crippen molar-refractivity contribution in [3.05, 3.63) is 106 Å². The van der Waals surface area contributed by atoms with E-state index in [0.29, 0.717) is 33.2 Å². The molecule has 1 aliphatic heterocycles. The van der Waals surface area contributed by atoms with Gasteiger partial charge in [0, 0.05) is 29.3 Å². The van der Waals surface area contributed by atoms with Crippen molar-refractivity contribution in [3.8, 4) is 11.3 Å². The van der Waals surface area contributed by atoms with Gasteiger partial charge >= 0.3 is 0 Å². The van der Waals surface area contributed by atoms with E-state index in [9.17, 15) is 9.18 Å². The highest BCUT2D eigenvalue weighted by atomic mass is 79.9. The van der Waals surface area contributed by atoms with Crippen LogP contribution >= 0.6 is 28.1 Å². The molecule has 2 unspecified atom stereocenters. The topological polar surface area (TPSA) is 70.4 Å². The fraction of sp³-hybridized carbons (Fsp3) is 0.207. The molecule has 194 valence electrons. The predicted molar refractivity (Wildman–Crippen MR) is 153 cm³/mol. The highest BCUT2D eigenvalue weighted by Crippen LogP contribution is 2.41.